The van der Waals surface area contributed by atoms with Gasteiger partial charge in [-0.25, -0.2) is 9.78 Å². The Morgan fingerprint density at radius 1 is 1.28 bits per heavy atom. The minimum absolute atomic E-state index is 0.00383. The molecule has 146 valence electrons. The molecule has 3 aromatic rings. The van der Waals surface area contributed by atoms with Crippen molar-refractivity contribution in [2.75, 3.05) is 6.61 Å². The quantitative estimate of drug-likeness (QED) is 0.632. The Hall–Kier alpha value is -3.63. The molecule has 0 aliphatic heterocycles. The van der Waals surface area contributed by atoms with Crippen LogP contribution in [-0.4, -0.2) is 22.5 Å². The second-order valence-electron chi connectivity index (χ2n) is 6.03. The summed E-state index contributed by atoms with van der Waals surface area (Å²) < 4.78 is 10.6. The molecule has 2 heterocycles. The number of carbonyl (C=O) groups is 1. The number of nitrogens with zero attached hydrogens (tertiary/aromatic N) is 2. The van der Waals surface area contributed by atoms with E-state index in [1.54, 1.807) is 38.1 Å². The topological polar surface area (TPSA) is 105 Å². The lowest BCUT2D eigenvalue weighted by Gasteiger charge is -2.10. The number of esters is 1. The number of ether oxygens (including phenoxy) is 2. The predicted molar refractivity (Wildman–Crippen MR) is 107 cm³/mol. The van der Waals surface area contributed by atoms with Crippen LogP contribution in [0.25, 0.3) is 11.1 Å². The second kappa shape index (κ2) is 8.59. The van der Waals surface area contributed by atoms with Gasteiger partial charge in [0.25, 0.3) is 5.56 Å². The standard InChI is InChI=1S/C21H16ClN3O4/c1-3-28-21(27)14-6-7-24-19(10-14)29-18-5-4-13(9-17(18)22)15-8-12(2)25-20(26)16(15)11-23/h4-10H,3H2,1-2H3,(H,25,26). The van der Waals surface area contributed by atoms with Crippen molar-refractivity contribution in [2.45, 2.75) is 13.8 Å². The number of rotatable bonds is 5. The van der Waals surface area contributed by atoms with E-state index in [0.717, 1.165) is 0 Å². The maximum Gasteiger partial charge on any atom is 0.338 e. The number of carbonyl (C=O) groups excluding carboxylic acids is 1. The number of hydrogen-bond acceptors (Lipinski definition) is 6. The number of hydrogen-bond donors (Lipinski definition) is 1. The third-order valence-corrected chi connectivity index (χ3v) is 4.28. The number of aromatic nitrogens is 2. The maximum atomic E-state index is 12.0. The Kier molecular flexibility index (Phi) is 5.96. The molecule has 0 saturated carbocycles. The highest BCUT2D eigenvalue weighted by Crippen LogP contribution is 2.33. The molecule has 0 bridgehead atoms. The molecule has 29 heavy (non-hydrogen) atoms. The number of aryl methyl sites for hydroxylation is 1. The summed E-state index contributed by atoms with van der Waals surface area (Å²) in [6.07, 6.45) is 1.43. The zero-order chi connectivity index (χ0) is 21.0. The van der Waals surface area contributed by atoms with Gasteiger partial charge in [-0.1, -0.05) is 17.7 Å². The van der Waals surface area contributed by atoms with Gasteiger partial charge in [0.15, 0.2) is 0 Å². The Labute approximate surface area is 171 Å². The fraction of sp³-hybridized carbons (Fsp3) is 0.143. The zero-order valence-corrected chi connectivity index (χ0v) is 16.4. The summed E-state index contributed by atoms with van der Waals surface area (Å²) in [5, 5.41) is 9.56. The minimum atomic E-state index is -0.477. The zero-order valence-electron chi connectivity index (χ0n) is 15.7. The summed E-state index contributed by atoms with van der Waals surface area (Å²) in [7, 11) is 0. The fourth-order valence-corrected chi connectivity index (χ4v) is 2.92. The molecule has 1 N–H and O–H groups in total. The summed E-state index contributed by atoms with van der Waals surface area (Å²) in [6, 6.07) is 11.5. The van der Waals surface area contributed by atoms with Crippen molar-refractivity contribution in [3.63, 3.8) is 0 Å². The molecule has 0 atom stereocenters. The van der Waals surface area contributed by atoms with Crippen LogP contribution in [0.2, 0.25) is 5.02 Å². The smallest absolute Gasteiger partial charge is 0.338 e. The molecule has 2 aromatic heterocycles. The molecular formula is C21H16ClN3O4. The van der Waals surface area contributed by atoms with Gasteiger partial charge >= 0.3 is 5.97 Å². The number of benzene rings is 1. The Bertz CT molecular complexity index is 1180. The van der Waals surface area contributed by atoms with Crippen LogP contribution in [0.4, 0.5) is 0 Å². The molecule has 1 aromatic carbocycles. The molecule has 3 rings (SSSR count). The Morgan fingerprint density at radius 2 is 2.07 bits per heavy atom. The highest BCUT2D eigenvalue weighted by molar-refractivity contribution is 6.32. The number of halogens is 1. The minimum Gasteiger partial charge on any atom is -0.462 e. The lowest BCUT2D eigenvalue weighted by molar-refractivity contribution is 0.0526. The van der Waals surface area contributed by atoms with Crippen molar-refractivity contribution >= 4 is 17.6 Å². The van der Waals surface area contributed by atoms with Gasteiger partial charge in [-0.2, -0.15) is 5.26 Å². The number of pyridine rings is 2. The van der Waals surface area contributed by atoms with Crippen LogP contribution in [0.5, 0.6) is 11.6 Å². The van der Waals surface area contributed by atoms with Crippen LogP contribution in [0.15, 0.2) is 47.4 Å². The summed E-state index contributed by atoms with van der Waals surface area (Å²) >= 11 is 6.34. The summed E-state index contributed by atoms with van der Waals surface area (Å²) in [4.78, 5) is 30.5. The largest absolute Gasteiger partial charge is 0.462 e. The van der Waals surface area contributed by atoms with Gasteiger partial charge in [-0.3, -0.25) is 4.79 Å². The first-order chi connectivity index (χ1) is 13.9. The molecule has 0 radical (unpaired) electrons. The van der Waals surface area contributed by atoms with Gasteiger partial charge in [0, 0.05) is 23.5 Å². The van der Waals surface area contributed by atoms with Gasteiger partial charge < -0.3 is 14.5 Å². The molecule has 0 aliphatic rings. The molecule has 0 unspecified atom stereocenters. The van der Waals surface area contributed by atoms with Gasteiger partial charge in [0.1, 0.15) is 17.4 Å². The highest BCUT2D eigenvalue weighted by atomic mass is 35.5. The molecule has 0 aliphatic carbocycles. The molecule has 7 nitrogen and oxygen atoms in total. The number of nitriles is 1. The van der Waals surface area contributed by atoms with Crippen LogP contribution in [-0.2, 0) is 4.74 Å². The van der Waals surface area contributed by atoms with Crippen LogP contribution in [0.1, 0.15) is 28.5 Å². The van der Waals surface area contributed by atoms with Crippen molar-refractivity contribution in [1.29, 1.82) is 5.26 Å². The van der Waals surface area contributed by atoms with Gasteiger partial charge in [-0.15, -0.1) is 0 Å². The lowest BCUT2D eigenvalue weighted by Crippen LogP contribution is -2.12. The Morgan fingerprint density at radius 3 is 2.76 bits per heavy atom. The van der Waals surface area contributed by atoms with Crippen molar-refractivity contribution in [1.82, 2.24) is 9.97 Å². The number of nitrogens with one attached hydrogen (secondary N) is 1. The highest BCUT2D eigenvalue weighted by Gasteiger charge is 2.14. The summed E-state index contributed by atoms with van der Waals surface area (Å²) in [6.45, 7) is 3.71. The van der Waals surface area contributed by atoms with Gasteiger partial charge in [-0.05, 0) is 43.7 Å². The number of aromatic amines is 1. The normalized spacial score (nSPS) is 10.3. The van der Waals surface area contributed by atoms with E-state index in [0.29, 0.717) is 28.1 Å². The van der Waals surface area contributed by atoms with Crippen molar-refractivity contribution in [3.8, 4) is 28.8 Å². The average molecular weight is 410 g/mol. The SMILES string of the molecule is CCOC(=O)c1ccnc(Oc2ccc(-c3cc(C)[nH]c(=O)c3C#N)cc2Cl)c1. The van der Waals surface area contributed by atoms with E-state index < -0.39 is 11.5 Å². The molecule has 0 spiro atoms. The van der Waals surface area contributed by atoms with E-state index in [-0.39, 0.29) is 23.1 Å². The van der Waals surface area contributed by atoms with Crippen LogP contribution in [0, 0.1) is 18.3 Å². The lowest BCUT2D eigenvalue weighted by atomic mass is 10.0. The van der Waals surface area contributed by atoms with Crippen molar-refractivity contribution in [3.05, 3.63) is 74.8 Å². The Balaban J connectivity index is 1.92. The molecule has 0 amide bonds. The van der Waals surface area contributed by atoms with Crippen LogP contribution in [0.3, 0.4) is 0 Å². The molecule has 0 saturated heterocycles. The molecule has 8 heteroatoms. The van der Waals surface area contributed by atoms with Crippen molar-refractivity contribution < 1.29 is 14.3 Å². The van der Waals surface area contributed by atoms with E-state index in [2.05, 4.69) is 9.97 Å². The van der Waals surface area contributed by atoms with Crippen LogP contribution >= 0.6 is 11.6 Å². The van der Waals surface area contributed by atoms with E-state index in [1.807, 2.05) is 6.07 Å². The first kappa shape index (κ1) is 20.1. The van der Waals surface area contributed by atoms with E-state index >= 15 is 0 Å². The van der Waals surface area contributed by atoms with E-state index in [4.69, 9.17) is 21.1 Å². The maximum absolute atomic E-state index is 12.0. The monoisotopic (exact) mass is 409 g/mol. The third kappa shape index (κ3) is 4.45. The summed E-state index contributed by atoms with van der Waals surface area (Å²) in [5.41, 5.74) is 1.55. The molecule has 0 fully saturated rings. The van der Waals surface area contributed by atoms with Crippen molar-refractivity contribution in [2.24, 2.45) is 0 Å². The number of H-pyrrole nitrogens is 1. The van der Waals surface area contributed by atoms with E-state index in [1.165, 1.54) is 18.3 Å². The third-order valence-electron chi connectivity index (χ3n) is 3.98. The average Bonchev–Trinajstić information content (AvgIpc) is 2.69. The van der Waals surface area contributed by atoms with Gasteiger partial charge in [0.2, 0.25) is 5.88 Å². The second-order valence-corrected chi connectivity index (χ2v) is 6.44. The molecular weight excluding hydrogens is 394 g/mol. The first-order valence-electron chi connectivity index (χ1n) is 8.68. The van der Waals surface area contributed by atoms with Gasteiger partial charge in [0.05, 0.1) is 17.2 Å². The first-order valence-corrected chi connectivity index (χ1v) is 9.05. The predicted octanol–water partition coefficient (Wildman–Crippen LogP) is 4.24. The fourth-order valence-electron chi connectivity index (χ4n) is 2.70. The van der Waals surface area contributed by atoms with Crippen LogP contribution < -0.4 is 10.3 Å². The van der Waals surface area contributed by atoms with E-state index in [9.17, 15) is 14.9 Å². The summed E-state index contributed by atoms with van der Waals surface area (Å²) in [5.74, 6) is 0.00816.